The molecule has 0 amide bonds. The van der Waals surface area contributed by atoms with Gasteiger partial charge in [-0.2, -0.15) is 0 Å². The third-order valence-corrected chi connectivity index (χ3v) is 4.36. The molecule has 0 spiro atoms. The normalized spacial score (nSPS) is 18.3. The highest BCUT2D eigenvalue weighted by molar-refractivity contribution is 9.10. The highest BCUT2D eigenvalue weighted by atomic mass is 79.9. The predicted octanol–water partition coefficient (Wildman–Crippen LogP) is 4.00. The Morgan fingerprint density at radius 1 is 1.29 bits per heavy atom. The van der Waals surface area contributed by atoms with E-state index < -0.39 is 0 Å². The third-order valence-electron chi connectivity index (χ3n) is 3.74. The van der Waals surface area contributed by atoms with Gasteiger partial charge in [-0.1, -0.05) is 0 Å². The summed E-state index contributed by atoms with van der Waals surface area (Å²) in [4.78, 5) is 12.4. The van der Waals surface area contributed by atoms with E-state index in [0.29, 0.717) is 23.5 Å². The molecule has 0 radical (unpaired) electrons. The number of benzene rings is 1. The zero-order chi connectivity index (χ0) is 15.2. The van der Waals surface area contributed by atoms with E-state index in [1.165, 1.54) is 6.42 Å². The Bertz CT molecular complexity index is 495. The second-order valence-corrected chi connectivity index (χ2v) is 5.99. The molecule has 116 valence electrons. The van der Waals surface area contributed by atoms with Gasteiger partial charge in [0.25, 0.3) is 0 Å². The van der Waals surface area contributed by atoms with E-state index in [0.717, 1.165) is 30.3 Å². The number of ketones is 1. The van der Waals surface area contributed by atoms with Crippen LogP contribution < -0.4 is 9.47 Å². The average molecular weight is 357 g/mol. The number of carbonyl (C=O) groups is 1. The first-order valence-corrected chi connectivity index (χ1v) is 8.01. The van der Waals surface area contributed by atoms with Crippen molar-refractivity contribution in [3.8, 4) is 11.5 Å². The van der Waals surface area contributed by atoms with Crippen LogP contribution in [0.2, 0.25) is 0 Å². The van der Waals surface area contributed by atoms with Gasteiger partial charge < -0.3 is 14.2 Å². The van der Waals surface area contributed by atoms with E-state index in [1.54, 1.807) is 26.4 Å². The average Bonchev–Trinajstić information content (AvgIpc) is 2.53. The van der Waals surface area contributed by atoms with Crippen molar-refractivity contribution in [1.82, 2.24) is 0 Å². The van der Waals surface area contributed by atoms with Crippen molar-refractivity contribution < 1.29 is 19.0 Å². The molecule has 0 saturated carbocycles. The van der Waals surface area contributed by atoms with Gasteiger partial charge in [0.05, 0.1) is 30.4 Å². The van der Waals surface area contributed by atoms with Gasteiger partial charge in [0.1, 0.15) is 11.5 Å². The summed E-state index contributed by atoms with van der Waals surface area (Å²) in [5, 5.41) is 0. The number of methoxy groups -OCH3 is 2. The van der Waals surface area contributed by atoms with Crippen molar-refractivity contribution in [3.63, 3.8) is 0 Å². The van der Waals surface area contributed by atoms with Crippen molar-refractivity contribution in [2.75, 3.05) is 20.8 Å². The van der Waals surface area contributed by atoms with Gasteiger partial charge in [0.15, 0.2) is 5.78 Å². The van der Waals surface area contributed by atoms with E-state index in [2.05, 4.69) is 15.9 Å². The summed E-state index contributed by atoms with van der Waals surface area (Å²) >= 11 is 3.40. The van der Waals surface area contributed by atoms with Crippen LogP contribution in [0.5, 0.6) is 11.5 Å². The number of carbonyl (C=O) groups excluding carboxylic acids is 1. The zero-order valence-electron chi connectivity index (χ0n) is 12.5. The summed E-state index contributed by atoms with van der Waals surface area (Å²) in [7, 11) is 3.14. The first kappa shape index (κ1) is 16.3. The Morgan fingerprint density at radius 2 is 2.05 bits per heavy atom. The molecule has 1 aliphatic rings. The van der Waals surface area contributed by atoms with Gasteiger partial charge in [-0.05, 0) is 53.7 Å². The molecule has 1 atom stereocenters. The van der Waals surface area contributed by atoms with Crippen molar-refractivity contribution in [2.45, 2.75) is 38.2 Å². The summed E-state index contributed by atoms with van der Waals surface area (Å²) in [5.74, 6) is 1.26. The maximum atomic E-state index is 12.4. The largest absolute Gasteiger partial charge is 0.496 e. The standard InChI is InChI=1S/C16H21BrO4/c1-19-15-10-13(17)16(20-2)9-12(15)14(18)7-6-11-5-3-4-8-21-11/h9-11H,3-8H2,1-2H3. The maximum absolute atomic E-state index is 12.4. The second kappa shape index (κ2) is 7.80. The number of hydrogen-bond donors (Lipinski definition) is 0. The molecule has 1 aromatic carbocycles. The minimum absolute atomic E-state index is 0.0619. The van der Waals surface area contributed by atoms with Crippen LogP contribution in [0.15, 0.2) is 16.6 Å². The Labute approximate surface area is 133 Å². The Hall–Kier alpha value is -1.07. The van der Waals surface area contributed by atoms with Crippen LogP contribution in [0.3, 0.4) is 0 Å². The molecule has 0 N–H and O–H groups in total. The van der Waals surface area contributed by atoms with Crippen LogP contribution in [-0.4, -0.2) is 32.7 Å². The number of ether oxygens (including phenoxy) is 3. The molecule has 1 unspecified atom stereocenters. The van der Waals surface area contributed by atoms with Gasteiger partial charge in [-0.3, -0.25) is 4.79 Å². The van der Waals surface area contributed by atoms with E-state index in [4.69, 9.17) is 14.2 Å². The first-order chi connectivity index (χ1) is 10.2. The van der Waals surface area contributed by atoms with Crippen molar-refractivity contribution >= 4 is 21.7 Å². The highest BCUT2D eigenvalue weighted by Crippen LogP contribution is 2.33. The lowest BCUT2D eigenvalue weighted by Crippen LogP contribution is -2.20. The van der Waals surface area contributed by atoms with Gasteiger partial charge >= 0.3 is 0 Å². The highest BCUT2D eigenvalue weighted by Gasteiger charge is 2.19. The quantitative estimate of drug-likeness (QED) is 0.722. The minimum atomic E-state index is 0.0619. The second-order valence-electron chi connectivity index (χ2n) is 5.14. The van der Waals surface area contributed by atoms with E-state index >= 15 is 0 Å². The summed E-state index contributed by atoms with van der Waals surface area (Å²) in [6, 6.07) is 3.50. The van der Waals surface area contributed by atoms with Crippen molar-refractivity contribution in [2.24, 2.45) is 0 Å². The zero-order valence-corrected chi connectivity index (χ0v) is 14.1. The monoisotopic (exact) mass is 356 g/mol. The van der Waals surface area contributed by atoms with E-state index in [9.17, 15) is 4.79 Å². The van der Waals surface area contributed by atoms with E-state index in [1.807, 2.05) is 0 Å². The van der Waals surface area contributed by atoms with Crippen LogP contribution in [0.1, 0.15) is 42.5 Å². The van der Waals surface area contributed by atoms with Gasteiger partial charge in [0, 0.05) is 13.0 Å². The Balaban J connectivity index is 2.06. The fraction of sp³-hybridized carbons (Fsp3) is 0.562. The molecular weight excluding hydrogens is 336 g/mol. The topological polar surface area (TPSA) is 44.8 Å². The minimum Gasteiger partial charge on any atom is -0.496 e. The number of rotatable bonds is 6. The molecule has 1 fully saturated rings. The van der Waals surface area contributed by atoms with Crippen LogP contribution >= 0.6 is 15.9 Å². The number of Topliss-reactive ketones (excluding diaryl/α,β-unsaturated/α-hetero) is 1. The van der Waals surface area contributed by atoms with Gasteiger partial charge in [0.2, 0.25) is 0 Å². The Morgan fingerprint density at radius 3 is 2.67 bits per heavy atom. The Kier molecular flexibility index (Phi) is 6.06. The molecule has 0 aliphatic carbocycles. The number of hydrogen-bond acceptors (Lipinski definition) is 4. The lowest BCUT2D eigenvalue weighted by Gasteiger charge is -2.22. The summed E-state index contributed by atoms with van der Waals surface area (Å²) in [5.41, 5.74) is 0.563. The van der Waals surface area contributed by atoms with Crippen LogP contribution in [0.25, 0.3) is 0 Å². The molecule has 0 aromatic heterocycles. The van der Waals surface area contributed by atoms with Crippen molar-refractivity contribution in [3.05, 3.63) is 22.2 Å². The fourth-order valence-corrected chi connectivity index (χ4v) is 3.02. The lowest BCUT2D eigenvalue weighted by molar-refractivity contribution is 0.0104. The summed E-state index contributed by atoms with van der Waals surface area (Å²) in [6.45, 7) is 0.814. The molecule has 5 heteroatoms. The molecular formula is C16H21BrO4. The van der Waals surface area contributed by atoms with Crippen LogP contribution in [0, 0.1) is 0 Å². The first-order valence-electron chi connectivity index (χ1n) is 7.22. The van der Waals surface area contributed by atoms with Gasteiger partial charge in [-0.15, -0.1) is 0 Å². The lowest BCUT2D eigenvalue weighted by atomic mass is 9.99. The van der Waals surface area contributed by atoms with Gasteiger partial charge in [-0.25, -0.2) is 0 Å². The molecule has 2 rings (SSSR count). The fourth-order valence-electron chi connectivity index (χ4n) is 2.54. The molecule has 4 nitrogen and oxygen atoms in total. The maximum Gasteiger partial charge on any atom is 0.166 e. The molecule has 1 heterocycles. The molecule has 1 aromatic rings. The smallest absolute Gasteiger partial charge is 0.166 e. The molecule has 21 heavy (non-hydrogen) atoms. The van der Waals surface area contributed by atoms with Crippen LogP contribution in [-0.2, 0) is 4.74 Å². The SMILES string of the molecule is COc1cc(C(=O)CCC2CCCCO2)c(OC)cc1Br. The molecule has 0 bridgehead atoms. The van der Waals surface area contributed by atoms with Crippen molar-refractivity contribution in [1.29, 1.82) is 0 Å². The third kappa shape index (κ3) is 4.20. The van der Waals surface area contributed by atoms with Crippen LogP contribution in [0.4, 0.5) is 0 Å². The summed E-state index contributed by atoms with van der Waals surface area (Å²) in [6.07, 6.45) is 4.81. The predicted molar refractivity (Wildman–Crippen MR) is 84.4 cm³/mol. The summed E-state index contributed by atoms with van der Waals surface area (Å²) < 4.78 is 17.0. The number of halogens is 1. The molecule has 1 aliphatic heterocycles. The molecule has 1 saturated heterocycles. The van der Waals surface area contributed by atoms with E-state index in [-0.39, 0.29) is 11.9 Å².